The molecule has 0 spiro atoms. The van der Waals surface area contributed by atoms with Gasteiger partial charge in [0.05, 0.1) is 13.2 Å². The maximum absolute atomic E-state index is 10.9. The summed E-state index contributed by atoms with van der Waals surface area (Å²) < 4.78 is 4.99. The molecule has 6 nitrogen and oxygen atoms in total. The smallest absolute Gasteiger partial charge is 0.248 e. The molecule has 0 radical (unpaired) electrons. The summed E-state index contributed by atoms with van der Waals surface area (Å²) in [6, 6.07) is 7.05. The highest BCUT2D eigenvalue weighted by Gasteiger charge is 2.02. The van der Waals surface area contributed by atoms with Gasteiger partial charge in [0.1, 0.15) is 0 Å². The van der Waals surface area contributed by atoms with Crippen LogP contribution in [0.4, 0.5) is 0 Å². The maximum Gasteiger partial charge on any atom is 0.248 e. The summed E-state index contributed by atoms with van der Waals surface area (Å²) in [7, 11) is 1.63. The van der Waals surface area contributed by atoms with Gasteiger partial charge in [-0.15, -0.1) is 24.0 Å². The Morgan fingerprint density at radius 2 is 1.95 bits per heavy atom. The number of nitrogens with zero attached hydrogens (tertiary/aromatic N) is 1. The van der Waals surface area contributed by atoms with E-state index in [9.17, 15) is 4.79 Å². The molecule has 1 aromatic carbocycles. The van der Waals surface area contributed by atoms with Crippen molar-refractivity contribution in [3.05, 3.63) is 35.4 Å². The number of carbonyl (C=O) groups excluding carboxylic acids is 1. The minimum Gasteiger partial charge on any atom is -0.383 e. The van der Waals surface area contributed by atoms with E-state index in [1.54, 1.807) is 31.4 Å². The maximum atomic E-state index is 10.9. The molecule has 7 heteroatoms. The van der Waals surface area contributed by atoms with Crippen LogP contribution in [0.25, 0.3) is 0 Å². The minimum absolute atomic E-state index is 0. The lowest BCUT2D eigenvalue weighted by molar-refractivity contribution is 0.100. The van der Waals surface area contributed by atoms with Crippen LogP contribution < -0.4 is 16.8 Å². The van der Waals surface area contributed by atoms with Crippen molar-refractivity contribution in [3.63, 3.8) is 0 Å². The van der Waals surface area contributed by atoms with Gasteiger partial charge in [-0.05, 0) is 24.6 Å². The lowest BCUT2D eigenvalue weighted by atomic mass is 10.1. The number of nitrogens with two attached hydrogens (primary N) is 2. The van der Waals surface area contributed by atoms with E-state index in [1.165, 1.54) is 0 Å². The highest BCUT2D eigenvalue weighted by Crippen LogP contribution is 2.05. The van der Waals surface area contributed by atoms with Crippen LogP contribution in [0.2, 0.25) is 0 Å². The largest absolute Gasteiger partial charge is 0.383 e. The zero-order valence-electron chi connectivity index (χ0n) is 11.6. The fraction of sp³-hybridized carbons (Fsp3) is 0.385. The summed E-state index contributed by atoms with van der Waals surface area (Å²) in [5.41, 5.74) is 12.3. The first-order valence-corrected chi connectivity index (χ1v) is 5.97. The number of guanidine groups is 1. The first kappa shape index (κ1) is 18.7. The van der Waals surface area contributed by atoms with E-state index in [-0.39, 0.29) is 30.0 Å². The molecule has 112 valence electrons. The van der Waals surface area contributed by atoms with Crippen molar-refractivity contribution in [2.24, 2.45) is 16.5 Å². The molecule has 0 saturated heterocycles. The number of benzene rings is 1. The molecule has 0 aliphatic heterocycles. The summed E-state index contributed by atoms with van der Waals surface area (Å²) >= 11 is 0. The lowest BCUT2D eigenvalue weighted by Crippen LogP contribution is -2.40. The fourth-order valence-corrected chi connectivity index (χ4v) is 1.54. The summed E-state index contributed by atoms with van der Waals surface area (Å²) in [6.07, 6.45) is 0. The molecule has 0 saturated carbocycles. The molecule has 5 N–H and O–H groups in total. The molecule has 1 rings (SSSR count). The molecule has 0 aromatic heterocycles. The average Bonchev–Trinajstić information content (AvgIpc) is 2.37. The van der Waals surface area contributed by atoms with Gasteiger partial charge in [0.15, 0.2) is 5.96 Å². The second-order valence-electron chi connectivity index (χ2n) is 4.26. The number of carbonyl (C=O) groups is 1. The van der Waals surface area contributed by atoms with Crippen LogP contribution in [0, 0.1) is 0 Å². The SMILES string of the molecule is COCC(C)NC(N)=NCc1ccc(C(N)=O)cc1.I. The molecule has 0 aliphatic carbocycles. The standard InChI is InChI=1S/C13H20N4O2.HI/c1-9(8-19-2)17-13(15)16-7-10-3-5-11(6-4-10)12(14)18;/h3-6,9H,7-8H2,1-2H3,(H2,14,18)(H3,15,16,17);1H. The van der Waals surface area contributed by atoms with Crippen LogP contribution in [-0.2, 0) is 11.3 Å². The van der Waals surface area contributed by atoms with Gasteiger partial charge < -0.3 is 21.5 Å². The molecule has 0 fully saturated rings. The third-order valence-electron chi connectivity index (χ3n) is 2.48. The highest BCUT2D eigenvalue weighted by molar-refractivity contribution is 14.0. The van der Waals surface area contributed by atoms with E-state index in [4.69, 9.17) is 16.2 Å². The molecule has 1 unspecified atom stereocenters. The Hall–Kier alpha value is -1.35. The molecule has 1 atom stereocenters. The summed E-state index contributed by atoms with van der Waals surface area (Å²) in [5, 5.41) is 3.01. The van der Waals surface area contributed by atoms with E-state index in [0.717, 1.165) is 5.56 Å². The minimum atomic E-state index is -0.440. The monoisotopic (exact) mass is 392 g/mol. The third-order valence-corrected chi connectivity index (χ3v) is 2.48. The van der Waals surface area contributed by atoms with Gasteiger partial charge in [0, 0.05) is 18.7 Å². The van der Waals surface area contributed by atoms with Gasteiger partial charge >= 0.3 is 0 Å². The van der Waals surface area contributed by atoms with E-state index in [1.807, 2.05) is 6.92 Å². The molecular weight excluding hydrogens is 371 g/mol. The number of hydrogen-bond acceptors (Lipinski definition) is 3. The Balaban J connectivity index is 0.00000361. The van der Waals surface area contributed by atoms with E-state index in [2.05, 4.69) is 10.3 Å². The van der Waals surface area contributed by atoms with Crippen LogP contribution in [0.5, 0.6) is 0 Å². The van der Waals surface area contributed by atoms with Crippen LogP contribution in [0.15, 0.2) is 29.3 Å². The number of amides is 1. The molecular formula is C13H21IN4O2. The fourth-order valence-electron chi connectivity index (χ4n) is 1.54. The van der Waals surface area contributed by atoms with Gasteiger partial charge in [-0.1, -0.05) is 12.1 Å². The summed E-state index contributed by atoms with van der Waals surface area (Å²) in [4.78, 5) is 15.1. The van der Waals surface area contributed by atoms with Crippen LogP contribution in [0.1, 0.15) is 22.8 Å². The number of rotatable bonds is 6. The van der Waals surface area contributed by atoms with Gasteiger partial charge in [0.25, 0.3) is 0 Å². The predicted molar refractivity (Wildman–Crippen MR) is 90.2 cm³/mol. The molecule has 20 heavy (non-hydrogen) atoms. The van der Waals surface area contributed by atoms with Crippen LogP contribution in [-0.4, -0.2) is 31.6 Å². The van der Waals surface area contributed by atoms with E-state index >= 15 is 0 Å². The molecule has 1 aromatic rings. The Bertz CT molecular complexity index is 448. The zero-order chi connectivity index (χ0) is 14.3. The number of nitrogens with one attached hydrogen (secondary N) is 1. The molecule has 0 heterocycles. The normalized spacial score (nSPS) is 12.4. The first-order valence-electron chi connectivity index (χ1n) is 5.97. The second-order valence-corrected chi connectivity index (χ2v) is 4.26. The van der Waals surface area contributed by atoms with Crippen molar-refractivity contribution in [1.82, 2.24) is 5.32 Å². The van der Waals surface area contributed by atoms with Crippen molar-refractivity contribution in [2.45, 2.75) is 19.5 Å². The lowest BCUT2D eigenvalue weighted by Gasteiger charge is -2.13. The zero-order valence-corrected chi connectivity index (χ0v) is 14.0. The number of primary amides is 1. The van der Waals surface area contributed by atoms with Crippen molar-refractivity contribution in [3.8, 4) is 0 Å². The van der Waals surface area contributed by atoms with Crippen LogP contribution >= 0.6 is 24.0 Å². The number of aliphatic imine (C=N–C) groups is 1. The number of ether oxygens (including phenoxy) is 1. The summed E-state index contributed by atoms with van der Waals surface area (Å²) in [5.74, 6) is -0.0758. The Morgan fingerprint density at radius 1 is 1.35 bits per heavy atom. The van der Waals surface area contributed by atoms with Gasteiger partial charge in [-0.25, -0.2) is 4.99 Å². The number of methoxy groups -OCH3 is 1. The summed E-state index contributed by atoms with van der Waals surface area (Å²) in [6.45, 7) is 2.95. The predicted octanol–water partition coefficient (Wildman–Crippen LogP) is 0.843. The van der Waals surface area contributed by atoms with E-state index < -0.39 is 5.91 Å². The number of hydrogen-bond donors (Lipinski definition) is 3. The van der Waals surface area contributed by atoms with Gasteiger partial charge in [-0.2, -0.15) is 0 Å². The van der Waals surface area contributed by atoms with Crippen LogP contribution in [0.3, 0.4) is 0 Å². The van der Waals surface area contributed by atoms with Crippen molar-refractivity contribution in [1.29, 1.82) is 0 Å². The van der Waals surface area contributed by atoms with Gasteiger partial charge in [0.2, 0.25) is 5.91 Å². The Morgan fingerprint density at radius 3 is 2.45 bits per heavy atom. The topological polar surface area (TPSA) is 103 Å². The first-order chi connectivity index (χ1) is 9.02. The third kappa shape index (κ3) is 6.71. The quantitative estimate of drug-likeness (QED) is 0.379. The Kier molecular flexibility index (Phi) is 8.89. The number of halogens is 1. The van der Waals surface area contributed by atoms with Crippen molar-refractivity contribution in [2.75, 3.05) is 13.7 Å². The Labute approximate surface area is 136 Å². The molecule has 1 amide bonds. The van der Waals surface area contributed by atoms with E-state index in [0.29, 0.717) is 24.7 Å². The molecule has 0 bridgehead atoms. The van der Waals surface area contributed by atoms with Crippen molar-refractivity contribution >= 4 is 35.8 Å². The van der Waals surface area contributed by atoms with Gasteiger partial charge in [-0.3, -0.25) is 4.79 Å². The average molecular weight is 392 g/mol. The van der Waals surface area contributed by atoms with Crippen molar-refractivity contribution < 1.29 is 9.53 Å². The molecule has 0 aliphatic rings. The highest BCUT2D eigenvalue weighted by atomic mass is 127. The second kappa shape index (κ2) is 9.54.